The molecule has 0 aliphatic rings. The molecular weight excluding hydrogens is 201 g/mol. The summed E-state index contributed by atoms with van der Waals surface area (Å²) >= 11 is 5.68. The highest BCUT2D eigenvalue weighted by molar-refractivity contribution is 6.30. The fourth-order valence-corrected chi connectivity index (χ4v) is 1.66. The summed E-state index contributed by atoms with van der Waals surface area (Å²) in [4.78, 5) is 0. The first kappa shape index (κ1) is 11.5. The van der Waals surface area contributed by atoms with Crippen molar-refractivity contribution < 1.29 is 4.39 Å². The van der Waals surface area contributed by atoms with Crippen LogP contribution in [0, 0.1) is 5.82 Å². The summed E-state index contributed by atoms with van der Waals surface area (Å²) in [5.41, 5.74) is 0.693. The maximum atomic E-state index is 13.5. The van der Waals surface area contributed by atoms with Crippen molar-refractivity contribution in [3.8, 4) is 0 Å². The number of halogens is 2. The monoisotopic (exact) mass is 215 g/mol. The van der Waals surface area contributed by atoms with Gasteiger partial charge in [-0.25, -0.2) is 4.39 Å². The molecule has 1 aromatic rings. The fraction of sp³-hybridized carbons (Fsp3) is 0.455. The topological polar surface area (TPSA) is 12.0 Å². The van der Waals surface area contributed by atoms with E-state index in [4.69, 9.17) is 11.6 Å². The largest absolute Gasteiger partial charge is 0.310 e. The molecule has 0 aliphatic carbocycles. The van der Waals surface area contributed by atoms with Gasteiger partial charge in [0.1, 0.15) is 5.82 Å². The number of benzene rings is 1. The zero-order valence-corrected chi connectivity index (χ0v) is 9.24. The second-order valence-corrected chi connectivity index (χ2v) is 3.62. The van der Waals surface area contributed by atoms with Gasteiger partial charge in [0.25, 0.3) is 0 Å². The van der Waals surface area contributed by atoms with Gasteiger partial charge in [0.05, 0.1) is 0 Å². The van der Waals surface area contributed by atoms with Crippen LogP contribution in [0.4, 0.5) is 4.39 Å². The molecule has 1 N–H and O–H groups in total. The van der Waals surface area contributed by atoms with Gasteiger partial charge in [-0.1, -0.05) is 31.5 Å². The normalized spacial score (nSPS) is 12.9. The lowest BCUT2D eigenvalue weighted by Crippen LogP contribution is -2.21. The Bertz CT molecular complexity index is 301. The summed E-state index contributed by atoms with van der Waals surface area (Å²) in [6.45, 7) is 4.87. The van der Waals surface area contributed by atoms with Gasteiger partial charge in [-0.2, -0.15) is 0 Å². The van der Waals surface area contributed by atoms with Gasteiger partial charge in [0.2, 0.25) is 0 Å². The van der Waals surface area contributed by atoms with E-state index in [9.17, 15) is 4.39 Å². The highest BCUT2D eigenvalue weighted by atomic mass is 35.5. The molecule has 3 heteroatoms. The molecule has 14 heavy (non-hydrogen) atoms. The fourth-order valence-electron chi connectivity index (χ4n) is 1.50. The average Bonchev–Trinajstić information content (AvgIpc) is 2.15. The molecule has 0 aliphatic heterocycles. The molecule has 1 aromatic carbocycles. The molecule has 1 nitrogen and oxygen atoms in total. The third kappa shape index (κ3) is 2.69. The minimum absolute atomic E-state index is 0.0808. The molecule has 0 amide bonds. The molecule has 1 unspecified atom stereocenters. The molecule has 1 atom stereocenters. The summed E-state index contributed by atoms with van der Waals surface area (Å²) in [5.74, 6) is -0.231. The SMILES string of the molecule is CCNC(CC)c1ccc(Cl)cc1F. The van der Waals surface area contributed by atoms with E-state index >= 15 is 0 Å². The van der Waals surface area contributed by atoms with E-state index in [2.05, 4.69) is 5.32 Å². The molecule has 0 heterocycles. The number of nitrogens with one attached hydrogen (secondary N) is 1. The molecular formula is C11H15ClFN. The van der Waals surface area contributed by atoms with Crippen LogP contribution < -0.4 is 5.32 Å². The summed E-state index contributed by atoms with van der Waals surface area (Å²) < 4.78 is 13.5. The average molecular weight is 216 g/mol. The molecule has 0 saturated heterocycles. The van der Waals surface area contributed by atoms with E-state index in [1.54, 1.807) is 12.1 Å². The van der Waals surface area contributed by atoms with Crippen LogP contribution in [0.15, 0.2) is 18.2 Å². The third-order valence-electron chi connectivity index (χ3n) is 2.20. The Morgan fingerprint density at radius 2 is 2.14 bits per heavy atom. The second kappa shape index (κ2) is 5.32. The minimum Gasteiger partial charge on any atom is -0.310 e. The molecule has 0 fully saturated rings. The van der Waals surface area contributed by atoms with Crippen molar-refractivity contribution in [3.05, 3.63) is 34.6 Å². The molecule has 0 aromatic heterocycles. The summed E-state index contributed by atoms with van der Waals surface area (Å²) in [6, 6.07) is 4.91. The number of hydrogen-bond acceptors (Lipinski definition) is 1. The van der Waals surface area contributed by atoms with Crippen LogP contribution in [0.5, 0.6) is 0 Å². The van der Waals surface area contributed by atoms with Gasteiger partial charge in [-0.15, -0.1) is 0 Å². The van der Waals surface area contributed by atoms with Gasteiger partial charge in [-0.3, -0.25) is 0 Å². The van der Waals surface area contributed by atoms with Crippen LogP contribution in [0.1, 0.15) is 31.9 Å². The van der Waals surface area contributed by atoms with Gasteiger partial charge in [0, 0.05) is 16.6 Å². The highest BCUT2D eigenvalue weighted by Crippen LogP contribution is 2.22. The van der Waals surface area contributed by atoms with Crippen LogP contribution in [0.25, 0.3) is 0 Å². The summed E-state index contributed by atoms with van der Waals surface area (Å²) in [5, 5.41) is 3.67. The van der Waals surface area contributed by atoms with Gasteiger partial charge in [0.15, 0.2) is 0 Å². The Labute approximate surface area is 89.3 Å². The second-order valence-electron chi connectivity index (χ2n) is 3.18. The minimum atomic E-state index is -0.231. The third-order valence-corrected chi connectivity index (χ3v) is 2.43. The van der Waals surface area contributed by atoms with E-state index in [1.807, 2.05) is 13.8 Å². The first-order chi connectivity index (χ1) is 6.69. The van der Waals surface area contributed by atoms with Crippen molar-refractivity contribution in [1.29, 1.82) is 0 Å². The van der Waals surface area contributed by atoms with Crippen LogP contribution in [-0.4, -0.2) is 6.54 Å². The van der Waals surface area contributed by atoms with Crippen molar-refractivity contribution in [3.63, 3.8) is 0 Å². The van der Waals surface area contributed by atoms with Crippen LogP contribution in [0.2, 0.25) is 5.02 Å². The Morgan fingerprint density at radius 1 is 1.43 bits per heavy atom. The van der Waals surface area contributed by atoms with Gasteiger partial charge < -0.3 is 5.32 Å². The number of hydrogen-bond donors (Lipinski definition) is 1. The first-order valence-corrected chi connectivity index (χ1v) is 5.25. The summed E-state index contributed by atoms with van der Waals surface area (Å²) in [6.07, 6.45) is 0.867. The van der Waals surface area contributed by atoms with Crippen LogP contribution >= 0.6 is 11.6 Å². The van der Waals surface area contributed by atoms with Crippen molar-refractivity contribution in [2.24, 2.45) is 0 Å². The lowest BCUT2D eigenvalue weighted by atomic mass is 10.0. The van der Waals surface area contributed by atoms with Crippen molar-refractivity contribution in [2.75, 3.05) is 6.54 Å². The van der Waals surface area contributed by atoms with E-state index in [0.29, 0.717) is 10.6 Å². The van der Waals surface area contributed by atoms with E-state index < -0.39 is 0 Å². The Kier molecular flexibility index (Phi) is 4.36. The van der Waals surface area contributed by atoms with E-state index in [1.165, 1.54) is 6.07 Å². The highest BCUT2D eigenvalue weighted by Gasteiger charge is 2.12. The van der Waals surface area contributed by atoms with Gasteiger partial charge in [-0.05, 0) is 25.1 Å². The van der Waals surface area contributed by atoms with Gasteiger partial charge >= 0.3 is 0 Å². The Balaban J connectivity index is 2.92. The summed E-state index contributed by atoms with van der Waals surface area (Å²) in [7, 11) is 0. The maximum absolute atomic E-state index is 13.5. The van der Waals surface area contributed by atoms with Crippen molar-refractivity contribution in [1.82, 2.24) is 5.32 Å². The molecule has 0 saturated carbocycles. The quantitative estimate of drug-likeness (QED) is 0.810. The maximum Gasteiger partial charge on any atom is 0.129 e. The first-order valence-electron chi connectivity index (χ1n) is 4.87. The molecule has 1 rings (SSSR count). The molecule has 78 valence electrons. The van der Waals surface area contributed by atoms with Crippen LogP contribution in [-0.2, 0) is 0 Å². The Hall–Kier alpha value is -0.600. The predicted molar refractivity (Wildman–Crippen MR) is 58.1 cm³/mol. The zero-order valence-electron chi connectivity index (χ0n) is 8.48. The molecule has 0 bridgehead atoms. The number of rotatable bonds is 4. The van der Waals surface area contributed by atoms with Crippen molar-refractivity contribution >= 4 is 11.6 Å². The lowest BCUT2D eigenvalue weighted by molar-refractivity contribution is 0.501. The van der Waals surface area contributed by atoms with Crippen LogP contribution in [0.3, 0.4) is 0 Å². The molecule has 0 spiro atoms. The van der Waals surface area contributed by atoms with Crippen molar-refractivity contribution in [2.45, 2.75) is 26.3 Å². The van der Waals surface area contributed by atoms with E-state index in [0.717, 1.165) is 13.0 Å². The smallest absolute Gasteiger partial charge is 0.129 e. The zero-order chi connectivity index (χ0) is 10.6. The standard InChI is InChI=1S/C11H15ClFN/c1-3-11(14-4-2)9-6-5-8(12)7-10(9)13/h5-7,11,14H,3-4H2,1-2H3. The Morgan fingerprint density at radius 3 is 2.64 bits per heavy atom. The lowest BCUT2D eigenvalue weighted by Gasteiger charge is -2.16. The van der Waals surface area contributed by atoms with E-state index in [-0.39, 0.29) is 11.9 Å². The predicted octanol–water partition coefficient (Wildman–Crippen LogP) is 3.54. The molecule has 0 radical (unpaired) electrons.